The summed E-state index contributed by atoms with van der Waals surface area (Å²) < 4.78 is 0. The summed E-state index contributed by atoms with van der Waals surface area (Å²) in [7, 11) is 1.78. The van der Waals surface area contributed by atoms with Gasteiger partial charge in [-0.3, -0.25) is 4.79 Å². The third-order valence-corrected chi connectivity index (χ3v) is 16.1. The maximum Gasteiger partial charge on any atom is 0.259 e. The fraction of sp³-hybridized carbons (Fsp3) is 0.234. The van der Waals surface area contributed by atoms with Crippen LogP contribution in [-0.4, -0.2) is 29.7 Å². The summed E-state index contributed by atoms with van der Waals surface area (Å²) in [5.74, 6) is 34.9. The summed E-state index contributed by atoms with van der Waals surface area (Å²) in [6.45, 7) is 3.96. The Bertz CT molecular complexity index is 3910. The summed E-state index contributed by atoms with van der Waals surface area (Å²) in [5.41, 5.74) is 23.4. The van der Waals surface area contributed by atoms with Gasteiger partial charge in [-0.15, -0.1) is 11.8 Å². The Kier molecular flexibility index (Phi) is 19.0. The van der Waals surface area contributed by atoms with Crippen molar-refractivity contribution in [3.63, 3.8) is 0 Å². The molecule has 14 rings (SSSR count). The zero-order chi connectivity index (χ0) is 57.3. The molecule has 6 aliphatic rings. The van der Waals surface area contributed by atoms with Crippen LogP contribution in [0.1, 0.15) is 140 Å². The summed E-state index contributed by atoms with van der Waals surface area (Å²) >= 11 is 0. The molecule has 0 aromatic heterocycles. The zero-order valence-corrected chi connectivity index (χ0v) is 47.4. The highest BCUT2D eigenvalue weighted by molar-refractivity contribution is 6.08. The molecule has 83 heavy (non-hydrogen) atoms. The molecule has 4 aliphatic carbocycles. The van der Waals surface area contributed by atoms with E-state index in [1.54, 1.807) is 18.0 Å². The number of nitrogens with two attached hydrogens (primary N) is 1. The quantitative estimate of drug-likeness (QED) is 0.132. The molecule has 0 saturated heterocycles. The number of para-hydroxylation sites is 2. The third kappa shape index (κ3) is 14.5. The SMILES string of the molecule is C1#Cc2ccccc2NCc2ccccc21.CCCCc1ccc2c(c1)CCc1cc(O)ccc1C#C2.CN1C(=O)c2ccccc2C#Cc2ccccc21.NCC1[C@H]2CCC#CCC[C@@H]12.OC1Cc2ccccc2C#Cc2ccccc21. The topological polar surface area (TPSA) is 98.8 Å². The molecule has 6 nitrogen and oxygen atoms in total. The third-order valence-electron chi connectivity index (χ3n) is 16.1. The van der Waals surface area contributed by atoms with E-state index in [9.17, 15) is 15.0 Å². The number of aliphatic hydroxyl groups excluding tert-OH is 1. The number of aromatic hydroxyl groups is 1. The Balaban J connectivity index is 0.000000117. The summed E-state index contributed by atoms with van der Waals surface area (Å²) in [5, 5.41) is 23.3. The van der Waals surface area contributed by atoms with Crippen molar-refractivity contribution in [1.82, 2.24) is 0 Å². The number of nitrogens with one attached hydrogen (secondary N) is 1. The summed E-state index contributed by atoms with van der Waals surface area (Å²) in [6.07, 6.45) is 10.5. The normalized spacial score (nSPS) is 17.1. The lowest BCUT2D eigenvalue weighted by molar-refractivity contribution is 0.0992. The Morgan fingerprint density at radius 2 is 1.07 bits per heavy atom. The molecule has 1 fully saturated rings. The van der Waals surface area contributed by atoms with Crippen LogP contribution in [0, 0.1) is 77.0 Å². The van der Waals surface area contributed by atoms with Crippen molar-refractivity contribution in [3.05, 3.63) is 265 Å². The molecule has 2 unspecified atom stereocenters. The van der Waals surface area contributed by atoms with E-state index in [0.717, 1.165) is 136 Å². The highest BCUT2D eigenvalue weighted by Crippen LogP contribution is 2.51. The largest absolute Gasteiger partial charge is 0.508 e. The second kappa shape index (κ2) is 27.8. The van der Waals surface area contributed by atoms with Crippen LogP contribution in [0.3, 0.4) is 0 Å². The number of aliphatic hydroxyl groups is 1. The van der Waals surface area contributed by atoms with Gasteiger partial charge in [-0.25, -0.2) is 0 Å². The number of benzene rings is 8. The van der Waals surface area contributed by atoms with Crippen LogP contribution in [-0.2, 0) is 32.2 Å². The second-order valence-electron chi connectivity index (χ2n) is 21.5. The van der Waals surface area contributed by atoms with Crippen LogP contribution < -0.4 is 16.0 Å². The lowest BCUT2D eigenvalue weighted by atomic mass is 9.92. The van der Waals surface area contributed by atoms with E-state index < -0.39 is 6.10 Å². The Hall–Kier alpha value is -9.45. The number of aryl methyl sites for hydroxylation is 3. The Morgan fingerprint density at radius 3 is 1.78 bits per heavy atom. The van der Waals surface area contributed by atoms with Crippen molar-refractivity contribution in [1.29, 1.82) is 0 Å². The Morgan fingerprint density at radius 1 is 0.554 bits per heavy atom. The van der Waals surface area contributed by atoms with Gasteiger partial charge in [-0.2, -0.15) is 0 Å². The summed E-state index contributed by atoms with van der Waals surface area (Å²) in [6, 6.07) is 59.5. The monoisotopic (exact) mass is 1080 g/mol. The van der Waals surface area contributed by atoms with Gasteiger partial charge in [0.05, 0.1) is 23.0 Å². The van der Waals surface area contributed by atoms with Gasteiger partial charge in [0.1, 0.15) is 5.75 Å². The number of phenols is 1. The molecule has 1 amide bonds. The number of rotatable bonds is 4. The number of amides is 1. The maximum atomic E-state index is 12.4. The fourth-order valence-electron chi connectivity index (χ4n) is 11.3. The molecule has 0 bridgehead atoms. The molecule has 8 aromatic carbocycles. The van der Waals surface area contributed by atoms with Gasteiger partial charge in [0, 0.05) is 77.4 Å². The highest BCUT2D eigenvalue weighted by Gasteiger charge is 2.47. The molecular formula is C77H69N3O3. The zero-order valence-electron chi connectivity index (χ0n) is 47.4. The number of hydrogen-bond acceptors (Lipinski definition) is 5. The molecule has 8 aromatic rings. The number of carbonyl (C=O) groups excluding carboxylic acids is 1. The molecule has 0 spiro atoms. The van der Waals surface area contributed by atoms with Gasteiger partial charge >= 0.3 is 0 Å². The molecule has 0 radical (unpaired) electrons. The van der Waals surface area contributed by atoms with Gasteiger partial charge in [0.25, 0.3) is 5.91 Å². The van der Waals surface area contributed by atoms with Crippen LogP contribution in [0.2, 0.25) is 0 Å². The van der Waals surface area contributed by atoms with Crippen molar-refractivity contribution in [2.24, 2.45) is 23.5 Å². The van der Waals surface area contributed by atoms with Crippen LogP contribution in [0.25, 0.3) is 0 Å². The molecule has 1 saturated carbocycles. The first-order valence-corrected chi connectivity index (χ1v) is 29.1. The van der Waals surface area contributed by atoms with E-state index in [1.807, 2.05) is 133 Å². The lowest BCUT2D eigenvalue weighted by Crippen LogP contribution is -2.28. The number of unbranched alkanes of at least 4 members (excludes halogenated alkanes) is 1. The summed E-state index contributed by atoms with van der Waals surface area (Å²) in [4.78, 5) is 14.1. The molecule has 6 heteroatoms. The van der Waals surface area contributed by atoms with Crippen LogP contribution in [0.4, 0.5) is 11.4 Å². The van der Waals surface area contributed by atoms with Gasteiger partial charge in [0.15, 0.2) is 0 Å². The molecule has 410 valence electrons. The first-order valence-electron chi connectivity index (χ1n) is 29.1. The fourth-order valence-corrected chi connectivity index (χ4v) is 11.3. The standard InChI is InChI=1S/C20H20O.C16H11NO.C16H12O.C15H11N.C10H15N/c1-2-3-4-15-5-6-16-7-8-17-11-12-20(21)14-19(17)10-9-18(16)13-15;1-17-15-9-5-3-7-13(15)11-10-12-6-2-4-8-14(12)16(17)18;17-16-11-14-7-2-1-5-12(14)9-10-13-6-3-4-8-15(13)16;1-2-7-14-11-16-15-8-4-3-6-13(15)10-9-12(14)5-1;11-7-10-8-5-3-1-2-4-6-9(8)10/h5-6,11-14,21H,2-4,9-10H2,1H3;2-9H,1H3;1-8,16-17H,11H2;1-8,16H,11H2;8-10H,3-7,11H2/t;;;;8-,9+,10?. The Labute approximate surface area is 491 Å². The average Bonchev–Trinajstić information content (AvgIpc) is 3.95. The minimum absolute atomic E-state index is 0.0212. The smallest absolute Gasteiger partial charge is 0.259 e. The van der Waals surface area contributed by atoms with Crippen molar-refractivity contribution in [3.8, 4) is 65.0 Å². The van der Waals surface area contributed by atoms with Gasteiger partial charge in [0.2, 0.25) is 0 Å². The molecular weight excluding hydrogens is 1010 g/mol. The van der Waals surface area contributed by atoms with E-state index in [1.165, 1.54) is 42.4 Å². The van der Waals surface area contributed by atoms with E-state index in [4.69, 9.17) is 5.73 Å². The molecule has 2 aliphatic heterocycles. The first kappa shape index (κ1) is 56.8. The number of nitrogens with zero attached hydrogens (tertiary/aromatic N) is 1. The van der Waals surface area contributed by atoms with Gasteiger partial charge in [-0.05, 0) is 175 Å². The number of anilines is 2. The van der Waals surface area contributed by atoms with Gasteiger partial charge in [-0.1, -0.05) is 164 Å². The van der Waals surface area contributed by atoms with E-state index in [0.29, 0.717) is 17.7 Å². The maximum absolute atomic E-state index is 12.4. The van der Waals surface area contributed by atoms with Crippen molar-refractivity contribution in [2.75, 3.05) is 23.8 Å². The number of phenolic OH excluding ortho intramolecular Hbond substituents is 1. The second-order valence-corrected chi connectivity index (χ2v) is 21.5. The number of hydrogen-bond donors (Lipinski definition) is 4. The number of fused-ring (bicyclic) bond motifs is 9. The van der Waals surface area contributed by atoms with Crippen molar-refractivity contribution < 1.29 is 15.0 Å². The minimum atomic E-state index is -0.470. The average molecular weight is 1080 g/mol. The van der Waals surface area contributed by atoms with Crippen LogP contribution in [0.15, 0.2) is 182 Å². The van der Waals surface area contributed by atoms with E-state index in [-0.39, 0.29) is 5.91 Å². The van der Waals surface area contributed by atoms with Crippen LogP contribution >= 0.6 is 0 Å². The predicted molar refractivity (Wildman–Crippen MR) is 338 cm³/mol. The first-order chi connectivity index (χ1) is 40.7. The van der Waals surface area contributed by atoms with Gasteiger partial charge < -0.3 is 26.2 Å². The van der Waals surface area contributed by atoms with Crippen molar-refractivity contribution in [2.45, 2.75) is 83.8 Å². The minimum Gasteiger partial charge on any atom is -0.508 e. The van der Waals surface area contributed by atoms with Crippen molar-refractivity contribution >= 4 is 17.3 Å². The van der Waals surface area contributed by atoms with E-state index in [2.05, 4.69) is 114 Å². The van der Waals surface area contributed by atoms with E-state index >= 15 is 0 Å². The molecule has 2 heterocycles. The highest BCUT2D eigenvalue weighted by atomic mass is 16.3. The van der Waals surface area contributed by atoms with Crippen LogP contribution in [0.5, 0.6) is 5.75 Å². The predicted octanol–water partition coefficient (Wildman–Crippen LogP) is 14.0. The number of carbonyl (C=O) groups is 1. The lowest BCUT2D eigenvalue weighted by Gasteiger charge is -2.21. The molecule has 5 N–H and O–H groups in total. The molecule has 4 atom stereocenters.